The van der Waals surface area contributed by atoms with Crippen LogP contribution in [-0.4, -0.2) is 198 Å². The summed E-state index contributed by atoms with van der Waals surface area (Å²) in [6.07, 6.45) is 20.2. The van der Waals surface area contributed by atoms with E-state index in [0.29, 0.717) is 50.6 Å². The smallest absolute Gasteiger partial charge is 1.00 e. The fourth-order valence-electron chi connectivity index (χ4n) is 11.2. The summed E-state index contributed by atoms with van der Waals surface area (Å²) in [7, 11) is 0. The number of aromatic nitrogens is 14. The van der Waals surface area contributed by atoms with E-state index in [9.17, 15) is 0 Å². The van der Waals surface area contributed by atoms with E-state index in [1.165, 1.54) is 12.4 Å². The predicted octanol–water partition coefficient (Wildman–Crippen LogP) is 2.38. The third-order valence-electron chi connectivity index (χ3n) is 16.8. The van der Waals surface area contributed by atoms with E-state index in [0.717, 1.165) is 211 Å². The Morgan fingerprint density at radius 2 is 0.755 bits per heavy atom. The molecule has 3 aromatic carbocycles. The third-order valence-corrected chi connectivity index (χ3v) is 18.4. The van der Waals surface area contributed by atoms with E-state index in [1.54, 1.807) is 37.2 Å². The Morgan fingerprint density at radius 3 is 1.06 bits per heavy atom. The molecule has 39 heteroatoms. The molecule has 14 heterocycles. The zero-order chi connectivity index (χ0) is 70.3. The minimum atomic E-state index is -0.181. The number of carbonyl (C=O) groups is 1. The molecule has 7 aliphatic rings. The Hall–Kier alpha value is -2.00. The van der Waals surface area contributed by atoms with Crippen LogP contribution in [-0.2, 0) is 28.6 Å². The number of hydrogen-bond donors (Lipinski definition) is 5. The summed E-state index contributed by atoms with van der Waals surface area (Å²) < 4.78 is 38.8. The van der Waals surface area contributed by atoms with Gasteiger partial charge in [-0.05, 0) is 67.4 Å². The van der Waals surface area contributed by atoms with Gasteiger partial charge in [-0.1, -0.05) is 69.6 Å². The van der Waals surface area contributed by atoms with Crippen molar-refractivity contribution in [2.75, 3.05) is 102 Å². The number of benzene rings is 3. The molecule has 7 aliphatic heterocycles. The van der Waals surface area contributed by atoms with Gasteiger partial charge in [0.2, 0.25) is 0 Å². The topological polar surface area (TPSA) is 342 Å². The molecule has 0 aliphatic carbocycles. The average Bonchev–Trinajstić information content (AvgIpc) is 1.76. The summed E-state index contributed by atoms with van der Waals surface area (Å²) in [6.45, 7) is 11.1. The fourth-order valence-corrected chi connectivity index (χ4v) is 12.1. The van der Waals surface area contributed by atoms with Crippen LogP contribution in [0, 0.1) is 0 Å². The molecule has 5 N–H and O–H groups in total. The number of ether oxygens (including phenoxy) is 7. The van der Waals surface area contributed by atoms with Gasteiger partial charge in [-0.3, -0.25) is 4.79 Å². The molecule has 0 atom stereocenters. The van der Waals surface area contributed by atoms with Crippen molar-refractivity contribution in [1.29, 1.82) is 0 Å². The number of imidazole rings is 3. The zero-order valence-electron chi connectivity index (χ0n) is 60.4. The molecule has 0 amide bonds. The van der Waals surface area contributed by atoms with Crippen LogP contribution in [0.3, 0.4) is 0 Å². The zero-order valence-corrected chi connectivity index (χ0v) is 79.1. The van der Waals surface area contributed by atoms with Crippen molar-refractivity contribution in [1.82, 2.24) is 75.1 Å². The number of nitrogens with zero attached hydrogens (tertiary/aromatic N) is 13. The second-order valence-electron chi connectivity index (χ2n) is 23.9. The Morgan fingerprint density at radius 1 is 0.453 bits per heavy atom. The number of carbonyl (C=O) groups excluding carboxylic acids is 1. The van der Waals surface area contributed by atoms with Crippen LogP contribution in [0.15, 0.2) is 104 Å². The maximum Gasteiger partial charge on any atom is 1.00 e. The first-order valence-corrected chi connectivity index (χ1v) is 35.2. The van der Waals surface area contributed by atoms with Gasteiger partial charge >= 0.3 is 167 Å². The minimum Gasteiger partial charge on any atom is -1.00 e. The summed E-state index contributed by atoms with van der Waals surface area (Å²) in [6, 6.07) is 17.2. The molecule has 7 saturated heterocycles. The molecule has 7 aromatic heterocycles. The van der Waals surface area contributed by atoms with Gasteiger partial charge in [0.25, 0.3) is 24.1 Å². The number of hydrogen-bond acceptors (Lipinski definition) is 25. The molecule has 17 rings (SSSR count). The molecule has 10 aromatic rings. The standard InChI is InChI=1S/2C19H20ClN5O2.C10H10ClN3.C9H11ClN2O2.C5H10O2.C4H2Cl2N2.CH2O3.2ClH.2Cs.Na.2H/c2*20-13-1-2-15-16(9-13)24-17(23-15)12-10-25(11-12)18-19(22-6-5-21-18)27-14-3-7-26-8-4-14;11-7-1-2-8-9(3-7)14-10(13-8)6-4-12-5-6;10-8-9(12-4-3-11-8)14-7-1-5-13-6-2-7;6-5-1-3-7-4-2-5;5-3-4(6)8-2-1-7-3;2-1-4-3;;;;;;;/h2*1-2,5-6,9,12,14H,3-4,7-8,10-11H2,(H,23,24);1-3,6,12H,4-5H2,(H,13,14);3-4,7H,1-2,5-6H2;5-6H,1-4H2;1-2H;1,3H;2*1H;;;;;/q;;;;;;;;;3*+1;2*-1/p-1. The number of aromatic amines is 3. The van der Waals surface area contributed by atoms with Gasteiger partial charge < -0.3 is 81.3 Å². The third kappa shape index (κ3) is 28.2. The molecule has 556 valence electrons. The monoisotopic (exact) mass is 1870 g/mol. The van der Waals surface area contributed by atoms with E-state index < -0.39 is 0 Å². The van der Waals surface area contributed by atoms with Crippen molar-refractivity contribution in [3.05, 3.63) is 152 Å². The fraction of sp³-hybridized carbons (Fsp3) is 0.433. The number of nitrogens with one attached hydrogen (secondary N) is 4. The van der Waals surface area contributed by atoms with E-state index in [4.69, 9.17) is 128 Å². The molecular formula is C67H78Cl8Cs2N17NaO11. The number of halogens is 8. The SMILES string of the molecule is Cl.Cl.Clc1ccc2nc(C3CN(c4nccnc4OC4CCOCC4)C3)[nH]c2c1.Clc1ccc2nc(C3CN(c4nccnc4OC4CCOCC4)C3)[nH]c2c1.Clc1ccc2nc(C3CNC3)[nH]c2c1.Clc1nccnc1Cl.Clc1nccnc1OC1CCOCC1.O=CO[O-].OC1CCOCC1.[Cs+].[Cs+].[H-].[H-].[Na+]. The summed E-state index contributed by atoms with van der Waals surface area (Å²) in [5, 5.41) is 23.5. The minimum absolute atomic E-state index is 0. The van der Waals surface area contributed by atoms with Gasteiger partial charge in [-0.2, -0.15) is 0 Å². The van der Waals surface area contributed by atoms with Crippen LogP contribution in [0.4, 0.5) is 11.6 Å². The van der Waals surface area contributed by atoms with Crippen molar-refractivity contribution < 1.29 is 223 Å². The first-order chi connectivity index (χ1) is 49.3. The van der Waals surface area contributed by atoms with Crippen molar-refractivity contribution >= 4 is 146 Å². The number of fused-ring (bicyclic) bond motifs is 3. The van der Waals surface area contributed by atoms with Gasteiger partial charge in [0.05, 0.1) is 90.7 Å². The number of H-pyrrole nitrogens is 3. The van der Waals surface area contributed by atoms with Gasteiger partial charge in [-0.25, -0.2) is 54.8 Å². The Labute approximate surface area is 797 Å². The molecule has 0 unspecified atom stereocenters. The first-order valence-electron chi connectivity index (χ1n) is 32.9. The molecule has 28 nitrogen and oxygen atoms in total. The van der Waals surface area contributed by atoms with E-state index in [-0.39, 0.29) is 236 Å². The molecule has 0 spiro atoms. The van der Waals surface area contributed by atoms with Gasteiger partial charge in [0.15, 0.2) is 27.1 Å². The molecule has 7 fully saturated rings. The maximum absolute atomic E-state index is 8.83. The molecule has 0 saturated carbocycles. The number of anilines is 2. The number of rotatable bonds is 12. The van der Waals surface area contributed by atoms with Crippen molar-refractivity contribution in [3.63, 3.8) is 0 Å². The summed E-state index contributed by atoms with van der Waals surface area (Å²) in [5.41, 5.74) is 5.85. The van der Waals surface area contributed by atoms with Gasteiger partial charge in [0, 0.05) is 162 Å². The molecule has 106 heavy (non-hydrogen) atoms. The van der Waals surface area contributed by atoms with E-state index in [2.05, 4.69) is 79.8 Å². The predicted molar refractivity (Wildman–Crippen MR) is 395 cm³/mol. The summed E-state index contributed by atoms with van der Waals surface area (Å²) >= 11 is 34.6. The normalized spacial score (nSPS) is 16.7. The van der Waals surface area contributed by atoms with E-state index in [1.807, 2.05) is 54.6 Å². The van der Waals surface area contributed by atoms with Crippen LogP contribution in [0.5, 0.6) is 17.6 Å². The Bertz CT molecular complexity index is 4070. The van der Waals surface area contributed by atoms with Crippen LogP contribution in [0.1, 0.15) is 89.4 Å². The maximum atomic E-state index is 8.83. The summed E-state index contributed by atoms with van der Waals surface area (Å²) in [5.74, 6) is 7.49. The van der Waals surface area contributed by atoms with Gasteiger partial charge in [0.1, 0.15) is 35.8 Å². The van der Waals surface area contributed by atoms with Gasteiger partial charge in [-0.15, -0.1) is 24.8 Å². The number of aliphatic hydroxyl groups excluding tert-OH is 1. The van der Waals surface area contributed by atoms with Crippen molar-refractivity contribution in [2.45, 2.75) is 93.5 Å². The Balaban J connectivity index is 0.000000283. The largest absolute Gasteiger partial charge is 1.00 e. The van der Waals surface area contributed by atoms with Crippen LogP contribution < -0.4 is 202 Å². The van der Waals surface area contributed by atoms with Crippen molar-refractivity contribution in [3.8, 4) is 17.6 Å². The Kier molecular flexibility index (Phi) is 42.9. The van der Waals surface area contributed by atoms with Crippen molar-refractivity contribution in [2.24, 2.45) is 0 Å². The van der Waals surface area contributed by atoms with E-state index >= 15 is 0 Å². The average molecular weight is 1870 g/mol. The second-order valence-corrected chi connectivity index (χ2v) is 26.3. The van der Waals surface area contributed by atoms with Crippen LogP contribution in [0.2, 0.25) is 30.5 Å². The summed E-state index contributed by atoms with van der Waals surface area (Å²) in [4.78, 5) is 72.7. The molecule has 0 radical (unpaired) electrons. The quantitative estimate of drug-likeness (QED) is 0.0507. The molecular weight excluding hydrogens is 1790 g/mol. The second kappa shape index (κ2) is 48.9. The van der Waals surface area contributed by atoms with Crippen LogP contribution >= 0.6 is 94.4 Å². The first kappa shape index (κ1) is 92.9. The van der Waals surface area contributed by atoms with Crippen LogP contribution in [0.25, 0.3) is 33.1 Å². The number of aliphatic hydroxyl groups is 1. The molecule has 0 bridgehead atoms.